The van der Waals surface area contributed by atoms with Gasteiger partial charge in [0, 0.05) is 6.42 Å². The molecule has 1 heterocycles. The van der Waals surface area contributed by atoms with Crippen molar-refractivity contribution in [2.45, 2.75) is 38.5 Å². The third-order valence-electron chi connectivity index (χ3n) is 3.59. The van der Waals surface area contributed by atoms with Crippen LogP contribution in [0.1, 0.15) is 37.1 Å². The first-order chi connectivity index (χ1) is 10.6. The van der Waals surface area contributed by atoms with Crippen LogP contribution in [0.2, 0.25) is 0 Å². The fourth-order valence-electron chi connectivity index (χ4n) is 2.38. The second-order valence-electron chi connectivity index (χ2n) is 5.29. The highest BCUT2D eigenvalue weighted by Gasteiger charge is 2.18. The molecular formula is C16H19NO4S. The standard InChI is InChI=1S/C16H19NO4S/c18-15(19)10-9-11(16(20)21)5-1-4-8-14-17-12-6-2-3-7-13(12)22-14/h2-3,6-7,11H,1,4-5,8-10H2,(H,18,19)(H,20,21). The van der Waals surface area contributed by atoms with Gasteiger partial charge >= 0.3 is 11.9 Å². The molecule has 5 nitrogen and oxygen atoms in total. The third-order valence-corrected chi connectivity index (χ3v) is 4.68. The van der Waals surface area contributed by atoms with Crippen molar-refractivity contribution < 1.29 is 19.8 Å². The lowest BCUT2D eigenvalue weighted by molar-refractivity contribution is -0.143. The molecule has 0 aliphatic heterocycles. The quantitative estimate of drug-likeness (QED) is 0.689. The number of thiazole rings is 1. The van der Waals surface area contributed by atoms with Crippen LogP contribution in [0.15, 0.2) is 24.3 Å². The van der Waals surface area contributed by atoms with Crippen LogP contribution in [0.3, 0.4) is 0 Å². The number of carboxylic acid groups (broad SMARTS) is 2. The van der Waals surface area contributed by atoms with Crippen LogP contribution in [0.25, 0.3) is 10.2 Å². The van der Waals surface area contributed by atoms with Gasteiger partial charge in [-0.05, 0) is 37.8 Å². The van der Waals surface area contributed by atoms with Crippen molar-refractivity contribution in [1.82, 2.24) is 4.98 Å². The molecular weight excluding hydrogens is 302 g/mol. The summed E-state index contributed by atoms with van der Waals surface area (Å²) in [4.78, 5) is 26.2. The summed E-state index contributed by atoms with van der Waals surface area (Å²) in [6.07, 6.45) is 3.11. The zero-order valence-corrected chi connectivity index (χ0v) is 13.0. The molecule has 0 amide bonds. The van der Waals surface area contributed by atoms with Gasteiger partial charge in [0.25, 0.3) is 0 Å². The lowest BCUT2D eigenvalue weighted by Crippen LogP contribution is -2.15. The number of aromatic nitrogens is 1. The molecule has 0 bridgehead atoms. The molecule has 22 heavy (non-hydrogen) atoms. The van der Waals surface area contributed by atoms with Crippen molar-refractivity contribution in [3.63, 3.8) is 0 Å². The van der Waals surface area contributed by atoms with Gasteiger partial charge < -0.3 is 10.2 Å². The minimum atomic E-state index is -0.944. The smallest absolute Gasteiger partial charge is 0.306 e. The number of benzene rings is 1. The molecule has 2 N–H and O–H groups in total. The number of hydrogen-bond donors (Lipinski definition) is 2. The number of fused-ring (bicyclic) bond motifs is 1. The number of carboxylic acids is 2. The molecule has 0 fully saturated rings. The fourth-order valence-corrected chi connectivity index (χ4v) is 3.39. The summed E-state index contributed by atoms with van der Waals surface area (Å²) in [5, 5.41) is 18.8. The lowest BCUT2D eigenvalue weighted by Gasteiger charge is -2.10. The Morgan fingerprint density at radius 2 is 1.91 bits per heavy atom. The van der Waals surface area contributed by atoms with Gasteiger partial charge in [0.05, 0.1) is 21.1 Å². The maximum Gasteiger partial charge on any atom is 0.306 e. The number of aryl methyl sites for hydroxylation is 1. The number of aliphatic carboxylic acids is 2. The highest BCUT2D eigenvalue weighted by Crippen LogP contribution is 2.23. The van der Waals surface area contributed by atoms with Crippen LogP contribution in [-0.4, -0.2) is 27.1 Å². The first-order valence-electron chi connectivity index (χ1n) is 7.35. The molecule has 1 atom stereocenters. The molecule has 0 radical (unpaired) electrons. The molecule has 0 spiro atoms. The van der Waals surface area contributed by atoms with Gasteiger partial charge in [-0.1, -0.05) is 18.6 Å². The number of carbonyl (C=O) groups is 2. The largest absolute Gasteiger partial charge is 0.481 e. The third kappa shape index (κ3) is 4.80. The monoisotopic (exact) mass is 321 g/mol. The van der Waals surface area contributed by atoms with Crippen LogP contribution in [-0.2, 0) is 16.0 Å². The summed E-state index contributed by atoms with van der Waals surface area (Å²) in [7, 11) is 0. The number of hydrogen-bond acceptors (Lipinski definition) is 4. The molecule has 6 heteroatoms. The molecule has 1 unspecified atom stereocenters. The van der Waals surface area contributed by atoms with Crippen LogP contribution >= 0.6 is 11.3 Å². The van der Waals surface area contributed by atoms with Crippen LogP contribution < -0.4 is 0 Å². The van der Waals surface area contributed by atoms with Crippen molar-refractivity contribution in [3.05, 3.63) is 29.3 Å². The van der Waals surface area contributed by atoms with E-state index in [1.165, 1.54) is 4.70 Å². The Bertz CT molecular complexity index is 619. The number of nitrogens with zero attached hydrogens (tertiary/aromatic N) is 1. The molecule has 0 saturated heterocycles. The second-order valence-corrected chi connectivity index (χ2v) is 6.40. The first kappa shape index (κ1) is 16.4. The van der Waals surface area contributed by atoms with Gasteiger partial charge in [-0.3, -0.25) is 9.59 Å². The normalized spacial score (nSPS) is 12.4. The molecule has 2 aromatic rings. The maximum absolute atomic E-state index is 11.1. The van der Waals surface area contributed by atoms with Gasteiger partial charge in [-0.25, -0.2) is 4.98 Å². The molecule has 118 valence electrons. The summed E-state index contributed by atoms with van der Waals surface area (Å²) in [6, 6.07) is 7.99. The van der Waals surface area contributed by atoms with E-state index in [-0.39, 0.29) is 12.8 Å². The lowest BCUT2D eigenvalue weighted by atomic mass is 9.96. The Morgan fingerprint density at radius 1 is 1.14 bits per heavy atom. The van der Waals surface area contributed by atoms with Gasteiger partial charge in [0.2, 0.25) is 0 Å². The maximum atomic E-state index is 11.1. The second kappa shape index (κ2) is 7.89. The van der Waals surface area contributed by atoms with E-state index in [0.717, 1.165) is 29.8 Å². The Labute approximate surface area is 132 Å². The zero-order valence-electron chi connectivity index (χ0n) is 12.2. The average Bonchev–Trinajstić information content (AvgIpc) is 2.88. The summed E-state index contributed by atoms with van der Waals surface area (Å²) >= 11 is 1.67. The molecule has 2 rings (SSSR count). The van der Waals surface area contributed by atoms with Gasteiger partial charge in [0.15, 0.2) is 0 Å². The molecule has 1 aromatic carbocycles. The predicted molar refractivity (Wildman–Crippen MR) is 85.2 cm³/mol. The minimum Gasteiger partial charge on any atom is -0.481 e. The summed E-state index contributed by atoms with van der Waals surface area (Å²) < 4.78 is 1.17. The Balaban J connectivity index is 1.77. The van der Waals surface area contributed by atoms with E-state index in [1.54, 1.807) is 11.3 Å². The summed E-state index contributed by atoms with van der Waals surface area (Å²) in [5.41, 5.74) is 1.01. The molecule has 0 aliphatic rings. The van der Waals surface area contributed by atoms with E-state index in [2.05, 4.69) is 4.98 Å². The molecule has 0 saturated carbocycles. The SMILES string of the molecule is O=C(O)CCC(CCCCc1nc2ccccc2s1)C(=O)O. The van der Waals surface area contributed by atoms with Crippen LogP contribution in [0, 0.1) is 5.92 Å². The van der Waals surface area contributed by atoms with Gasteiger partial charge in [0.1, 0.15) is 0 Å². The highest BCUT2D eigenvalue weighted by molar-refractivity contribution is 7.18. The molecule has 1 aromatic heterocycles. The molecule has 0 aliphatic carbocycles. The number of unbranched alkanes of at least 4 members (excludes halogenated alkanes) is 1. The van der Waals surface area contributed by atoms with Crippen molar-refractivity contribution in [1.29, 1.82) is 0 Å². The van der Waals surface area contributed by atoms with E-state index in [1.807, 2.05) is 24.3 Å². The summed E-state index contributed by atoms with van der Waals surface area (Å²) in [6.45, 7) is 0. The summed E-state index contributed by atoms with van der Waals surface area (Å²) in [5.74, 6) is -2.41. The van der Waals surface area contributed by atoms with E-state index < -0.39 is 17.9 Å². The Kier molecular flexibility index (Phi) is 5.89. The fraction of sp³-hybridized carbons (Fsp3) is 0.438. The highest BCUT2D eigenvalue weighted by atomic mass is 32.1. The first-order valence-corrected chi connectivity index (χ1v) is 8.17. The van der Waals surface area contributed by atoms with Crippen molar-refractivity contribution in [2.24, 2.45) is 5.92 Å². The average molecular weight is 321 g/mol. The Hall–Kier alpha value is -1.95. The van der Waals surface area contributed by atoms with Gasteiger partial charge in [-0.15, -0.1) is 11.3 Å². The van der Waals surface area contributed by atoms with E-state index in [9.17, 15) is 9.59 Å². The van der Waals surface area contributed by atoms with Crippen molar-refractivity contribution in [2.75, 3.05) is 0 Å². The predicted octanol–water partition coefficient (Wildman–Crippen LogP) is 3.57. The van der Waals surface area contributed by atoms with Crippen LogP contribution in [0.5, 0.6) is 0 Å². The van der Waals surface area contributed by atoms with E-state index in [0.29, 0.717) is 6.42 Å². The zero-order chi connectivity index (χ0) is 15.9. The van der Waals surface area contributed by atoms with Crippen LogP contribution in [0.4, 0.5) is 0 Å². The number of para-hydroxylation sites is 1. The van der Waals surface area contributed by atoms with Crippen molar-refractivity contribution >= 4 is 33.5 Å². The minimum absolute atomic E-state index is 0.0885. The van der Waals surface area contributed by atoms with E-state index >= 15 is 0 Å². The van der Waals surface area contributed by atoms with Gasteiger partial charge in [-0.2, -0.15) is 0 Å². The number of rotatable bonds is 9. The topological polar surface area (TPSA) is 87.5 Å². The van der Waals surface area contributed by atoms with E-state index in [4.69, 9.17) is 10.2 Å². The Morgan fingerprint density at radius 3 is 2.59 bits per heavy atom. The van der Waals surface area contributed by atoms with Crippen molar-refractivity contribution in [3.8, 4) is 0 Å².